The van der Waals surface area contributed by atoms with E-state index in [9.17, 15) is 4.79 Å². The van der Waals surface area contributed by atoms with Crippen LogP contribution in [0.2, 0.25) is 0 Å². The predicted molar refractivity (Wildman–Crippen MR) is 57.5 cm³/mol. The second-order valence-electron chi connectivity index (χ2n) is 3.50. The summed E-state index contributed by atoms with van der Waals surface area (Å²) in [5.41, 5.74) is 0.845. The van der Waals surface area contributed by atoms with E-state index in [1.54, 1.807) is 10.9 Å². The highest BCUT2D eigenvalue weighted by Crippen LogP contribution is 2.19. The van der Waals surface area contributed by atoms with Crippen LogP contribution >= 0.6 is 0 Å². The number of hydrogen-bond donors (Lipinski definition) is 0. The first-order chi connectivity index (χ1) is 7.19. The highest BCUT2D eigenvalue weighted by molar-refractivity contribution is 5.84. The third-order valence-corrected chi connectivity index (χ3v) is 2.15. The van der Waals surface area contributed by atoms with E-state index in [1.807, 2.05) is 27.1 Å². The molecule has 1 rings (SSSR count). The lowest BCUT2D eigenvalue weighted by molar-refractivity contribution is -0.130. The van der Waals surface area contributed by atoms with E-state index >= 15 is 0 Å². The number of hydrogen-bond acceptors (Lipinski definition) is 3. The monoisotopic (exact) mass is 210 g/mol. The molecule has 1 heterocycles. The Bertz CT molecular complexity index is 320. The number of aromatic nitrogens is 2. The summed E-state index contributed by atoms with van der Waals surface area (Å²) in [7, 11) is 1.83. The predicted octanol–water partition coefficient (Wildman–Crippen LogP) is 1.87. The zero-order chi connectivity index (χ0) is 11.3. The number of ketones is 1. The first-order valence-corrected chi connectivity index (χ1v) is 5.31. The summed E-state index contributed by atoms with van der Waals surface area (Å²) in [5, 5.41) is 4.05. The number of aryl methyl sites for hydroxylation is 1. The molecular formula is C11H18N2O2. The van der Waals surface area contributed by atoms with Crippen LogP contribution in [0.15, 0.2) is 12.4 Å². The zero-order valence-electron chi connectivity index (χ0n) is 9.56. The zero-order valence-corrected chi connectivity index (χ0v) is 9.56. The molecular weight excluding hydrogens is 192 g/mol. The van der Waals surface area contributed by atoms with E-state index < -0.39 is 6.10 Å². The van der Waals surface area contributed by atoms with Crippen molar-refractivity contribution in [1.82, 2.24) is 9.78 Å². The fourth-order valence-electron chi connectivity index (χ4n) is 1.49. The normalized spacial score (nSPS) is 12.7. The summed E-state index contributed by atoms with van der Waals surface area (Å²) in [6.45, 7) is 4.42. The maximum Gasteiger partial charge on any atom is 0.166 e. The van der Waals surface area contributed by atoms with Crippen molar-refractivity contribution in [2.45, 2.75) is 32.8 Å². The van der Waals surface area contributed by atoms with Crippen LogP contribution in [0.5, 0.6) is 0 Å². The first kappa shape index (κ1) is 11.9. The Balaban J connectivity index is 2.77. The number of nitrogens with zero attached hydrogens (tertiary/aromatic N) is 2. The number of Topliss-reactive ketones (excluding diaryl/α,β-unsaturated/α-hetero) is 1. The van der Waals surface area contributed by atoms with Gasteiger partial charge in [-0.25, -0.2) is 0 Å². The van der Waals surface area contributed by atoms with Crippen LogP contribution < -0.4 is 0 Å². The van der Waals surface area contributed by atoms with Gasteiger partial charge < -0.3 is 4.74 Å². The number of carbonyl (C=O) groups excluding carboxylic acids is 1. The molecule has 0 N–H and O–H groups in total. The smallest absolute Gasteiger partial charge is 0.166 e. The van der Waals surface area contributed by atoms with Gasteiger partial charge in [-0.05, 0) is 13.3 Å². The van der Waals surface area contributed by atoms with E-state index in [4.69, 9.17) is 4.74 Å². The van der Waals surface area contributed by atoms with Crippen molar-refractivity contribution in [2.75, 3.05) is 6.61 Å². The van der Waals surface area contributed by atoms with Crippen molar-refractivity contribution in [3.8, 4) is 0 Å². The topological polar surface area (TPSA) is 44.1 Å². The molecule has 0 spiro atoms. The van der Waals surface area contributed by atoms with Gasteiger partial charge in [-0.2, -0.15) is 5.10 Å². The Morgan fingerprint density at radius 3 is 2.80 bits per heavy atom. The van der Waals surface area contributed by atoms with E-state index in [2.05, 4.69) is 5.10 Å². The molecule has 0 saturated heterocycles. The molecule has 15 heavy (non-hydrogen) atoms. The van der Waals surface area contributed by atoms with Crippen LogP contribution in [0.1, 0.15) is 38.4 Å². The van der Waals surface area contributed by atoms with Gasteiger partial charge in [0.2, 0.25) is 0 Å². The molecule has 1 aromatic rings. The minimum absolute atomic E-state index is 0.132. The van der Waals surface area contributed by atoms with Crippen LogP contribution in [0.25, 0.3) is 0 Å². The Labute approximate surface area is 90.2 Å². The Morgan fingerprint density at radius 1 is 1.60 bits per heavy atom. The summed E-state index contributed by atoms with van der Waals surface area (Å²) in [4.78, 5) is 11.8. The Hall–Kier alpha value is -1.16. The molecule has 0 fully saturated rings. The van der Waals surface area contributed by atoms with Gasteiger partial charge in [0.15, 0.2) is 5.78 Å². The van der Waals surface area contributed by atoms with Gasteiger partial charge in [0.1, 0.15) is 6.10 Å². The third-order valence-electron chi connectivity index (χ3n) is 2.15. The van der Waals surface area contributed by atoms with E-state index in [0.29, 0.717) is 13.0 Å². The molecule has 1 aromatic heterocycles. The molecule has 0 aliphatic rings. The second kappa shape index (κ2) is 5.66. The van der Waals surface area contributed by atoms with Crippen molar-refractivity contribution < 1.29 is 9.53 Å². The van der Waals surface area contributed by atoms with Gasteiger partial charge in [-0.3, -0.25) is 9.48 Å². The fourth-order valence-corrected chi connectivity index (χ4v) is 1.49. The van der Waals surface area contributed by atoms with Crippen LogP contribution in [0.4, 0.5) is 0 Å². The standard InChI is InChI=1S/C11H18N2O2/c1-4-6-10(14)11(15-5-2)9-7-12-13(3)8-9/h7-8,11H,4-6H2,1-3H3. The molecule has 0 aromatic carbocycles. The number of ether oxygens (including phenoxy) is 1. The van der Waals surface area contributed by atoms with Crippen LogP contribution in [0.3, 0.4) is 0 Å². The lowest BCUT2D eigenvalue weighted by atomic mass is 10.1. The summed E-state index contributed by atoms with van der Waals surface area (Å²) in [5.74, 6) is 0.132. The van der Waals surface area contributed by atoms with E-state index in [1.165, 1.54) is 0 Å². The largest absolute Gasteiger partial charge is 0.366 e. The average molecular weight is 210 g/mol. The fraction of sp³-hybridized carbons (Fsp3) is 0.636. The second-order valence-corrected chi connectivity index (χ2v) is 3.50. The molecule has 84 valence electrons. The SMILES string of the molecule is CCCC(=O)C(OCC)c1cnn(C)c1. The molecule has 0 aliphatic heterocycles. The van der Waals surface area contributed by atoms with Crippen LogP contribution in [-0.4, -0.2) is 22.2 Å². The molecule has 4 nitrogen and oxygen atoms in total. The van der Waals surface area contributed by atoms with Gasteiger partial charge in [0.05, 0.1) is 6.20 Å². The van der Waals surface area contributed by atoms with Crippen LogP contribution in [0, 0.1) is 0 Å². The molecule has 1 atom stereocenters. The van der Waals surface area contributed by atoms with Crippen molar-refractivity contribution >= 4 is 5.78 Å². The first-order valence-electron chi connectivity index (χ1n) is 5.31. The van der Waals surface area contributed by atoms with Crippen molar-refractivity contribution in [1.29, 1.82) is 0 Å². The molecule has 0 saturated carbocycles. The number of rotatable bonds is 6. The highest BCUT2D eigenvalue weighted by atomic mass is 16.5. The van der Waals surface area contributed by atoms with Gasteiger partial charge >= 0.3 is 0 Å². The highest BCUT2D eigenvalue weighted by Gasteiger charge is 2.20. The summed E-state index contributed by atoms with van der Waals surface area (Å²) in [6.07, 6.45) is 4.48. The van der Waals surface area contributed by atoms with Gasteiger partial charge in [0.25, 0.3) is 0 Å². The maximum absolute atomic E-state index is 11.8. The quantitative estimate of drug-likeness (QED) is 0.720. The Kier molecular flexibility index (Phi) is 4.49. The average Bonchev–Trinajstić information content (AvgIpc) is 2.61. The molecule has 4 heteroatoms. The Morgan fingerprint density at radius 2 is 2.33 bits per heavy atom. The van der Waals surface area contributed by atoms with Gasteiger partial charge in [-0.1, -0.05) is 6.92 Å². The lowest BCUT2D eigenvalue weighted by Gasteiger charge is -2.13. The van der Waals surface area contributed by atoms with Gasteiger partial charge in [-0.15, -0.1) is 0 Å². The molecule has 0 aliphatic carbocycles. The van der Waals surface area contributed by atoms with Crippen molar-refractivity contribution in [3.63, 3.8) is 0 Å². The van der Waals surface area contributed by atoms with E-state index in [-0.39, 0.29) is 5.78 Å². The minimum Gasteiger partial charge on any atom is -0.366 e. The lowest BCUT2D eigenvalue weighted by Crippen LogP contribution is -2.15. The van der Waals surface area contributed by atoms with Crippen molar-refractivity contribution in [2.24, 2.45) is 7.05 Å². The molecule has 1 unspecified atom stereocenters. The maximum atomic E-state index is 11.8. The molecule has 0 radical (unpaired) electrons. The summed E-state index contributed by atoms with van der Waals surface area (Å²) in [6, 6.07) is 0. The summed E-state index contributed by atoms with van der Waals surface area (Å²) >= 11 is 0. The third kappa shape index (κ3) is 3.16. The van der Waals surface area contributed by atoms with Crippen molar-refractivity contribution in [3.05, 3.63) is 18.0 Å². The summed E-state index contributed by atoms with van der Waals surface area (Å²) < 4.78 is 7.13. The minimum atomic E-state index is -0.441. The molecule has 0 amide bonds. The number of carbonyl (C=O) groups is 1. The van der Waals surface area contributed by atoms with E-state index in [0.717, 1.165) is 12.0 Å². The van der Waals surface area contributed by atoms with Gasteiger partial charge in [0, 0.05) is 31.8 Å². The van der Waals surface area contributed by atoms with Crippen LogP contribution in [-0.2, 0) is 16.6 Å². The molecule has 0 bridgehead atoms.